The van der Waals surface area contributed by atoms with Crippen LogP contribution in [0.5, 0.6) is 5.75 Å². The van der Waals surface area contributed by atoms with Crippen molar-refractivity contribution in [2.75, 3.05) is 21.2 Å². The Morgan fingerprint density at radius 1 is 1.38 bits per heavy atom. The minimum absolute atomic E-state index is 0.0844. The number of nitrogens with zero attached hydrogens (tertiary/aromatic N) is 1. The molecule has 0 aliphatic heterocycles. The van der Waals surface area contributed by atoms with Crippen LogP contribution < -0.4 is 4.74 Å². The zero-order chi connectivity index (χ0) is 11.7. The van der Waals surface area contributed by atoms with E-state index in [1.807, 2.05) is 43.4 Å². The molecule has 1 aromatic carbocycles. The van der Waals surface area contributed by atoms with Crippen molar-refractivity contribution < 1.29 is 9.53 Å². The lowest BCUT2D eigenvalue weighted by Crippen LogP contribution is -2.06. The molecule has 0 radical (unpaired) electrons. The molecule has 0 spiro atoms. The maximum atomic E-state index is 12.1. The molecule has 3 nitrogen and oxygen atoms in total. The third-order valence-electron chi connectivity index (χ3n) is 2.65. The number of carbonyl (C=O) groups is 1. The van der Waals surface area contributed by atoms with Crippen LogP contribution in [-0.4, -0.2) is 31.9 Å². The van der Waals surface area contributed by atoms with Gasteiger partial charge in [-0.15, -0.1) is 0 Å². The summed E-state index contributed by atoms with van der Waals surface area (Å²) < 4.78 is 5.22. The second-order valence-corrected chi connectivity index (χ2v) is 4.12. The number of ether oxygens (including phenoxy) is 1. The van der Waals surface area contributed by atoms with Crippen molar-refractivity contribution in [2.45, 2.75) is 6.42 Å². The molecule has 3 heteroatoms. The Balaban J connectivity index is 2.47. The summed E-state index contributed by atoms with van der Waals surface area (Å²) in [5, 5.41) is 0. The van der Waals surface area contributed by atoms with Gasteiger partial charge in [-0.1, -0.05) is 12.1 Å². The SMILES string of the molecule is COc1cccc2c1C(=O)/C(=C/N(C)C)C2. The Hall–Kier alpha value is -1.77. The van der Waals surface area contributed by atoms with E-state index in [0.29, 0.717) is 12.2 Å². The molecule has 0 saturated heterocycles. The van der Waals surface area contributed by atoms with E-state index in [2.05, 4.69) is 0 Å². The van der Waals surface area contributed by atoms with Gasteiger partial charge in [-0.25, -0.2) is 0 Å². The number of ketones is 1. The van der Waals surface area contributed by atoms with Gasteiger partial charge in [0.1, 0.15) is 5.75 Å². The highest BCUT2D eigenvalue weighted by molar-refractivity contribution is 6.14. The van der Waals surface area contributed by atoms with Crippen molar-refractivity contribution in [2.24, 2.45) is 0 Å². The van der Waals surface area contributed by atoms with E-state index in [0.717, 1.165) is 16.7 Å². The summed E-state index contributed by atoms with van der Waals surface area (Å²) in [7, 11) is 5.43. The maximum Gasteiger partial charge on any atom is 0.194 e. The average Bonchev–Trinajstić information content (AvgIpc) is 2.55. The van der Waals surface area contributed by atoms with Crippen LogP contribution in [0.1, 0.15) is 15.9 Å². The molecule has 2 rings (SSSR count). The average molecular weight is 217 g/mol. The molecular formula is C13H15NO2. The second-order valence-electron chi connectivity index (χ2n) is 4.12. The number of rotatable bonds is 2. The summed E-state index contributed by atoms with van der Waals surface area (Å²) in [6.07, 6.45) is 2.57. The Labute approximate surface area is 95.3 Å². The largest absolute Gasteiger partial charge is 0.496 e. The van der Waals surface area contributed by atoms with Gasteiger partial charge in [-0.2, -0.15) is 0 Å². The standard InChI is InChI=1S/C13H15NO2/c1-14(2)8-10-7-9-5-4-6-11(16-3)12(9)13(10)15/h4-6,8H,7H2,1-3H3/b10-8+. The molecule has 0 saturated carbocycles. The van der Waals surface area contributed by atoms with Crippen molar-refractivity contribution in [3.8, 4) is 5.75 Å². The first-order valence-corrected chi connectivity index (χ1v) is 5.21. The molecule has 0 unspecified atom stereocenters. The van der Waals surface area contributed by atoms with Gasteiger partial charge in [0, 0.05) is 32.3 Å². The Kier molecular flexibility index (Phi) is 2.69. The van der Waals surface area contributed by atoms with E-state index in [1.165, 1.54) is 0 Å². The highest BCUT2D eigenvalue weighted by atomic mass is 16.5. The number of fused-ring (bicyclic) bond motifs is 1. The van der Waals surface area contributed by atoms with Crippen molar-refractivity contribution in [3.05, 3.63) is 41.1 Å². The number of methoxy groups -OCH3 is 1. The molecule has 0 heterocycles. The third-order valence-corrected chi connectivity index (χ3v) is 2.65. The van der Waals surface area contributed by atoms with Gasteiger partial charge in [0.2, 0.25) is 0 Å². The van der Waals surface area contributed by atoms with Gasteiger partial charge in [-0.05, 0) is 11.6 Å². The molecule has 1 aromatic rings. The first-order valence-electron chi connectivity index (χ1n) is 5.21. The van der Waals surface area contributed by atoms with Gasteiger partial charge < -0.3 is 9.64 Å². The van der Waals surface area contributed by atoms with E-state index >= 15 is 0 Å². The highest BCUT2D eigenvalue weighted by Gasteiger charge is 2.28. The first kappa shape index (κ1) is 10.7. The second kappa shape index (κ2) is 4.00. The van der Waals surface area contributed by atoms with Crippen molar-refractivity contribution >= 4 is 5.78 Å². The molecule has 1 aliphatic carbocycles. The number of hydrogen-bond acceptors (Lipinski definition) is 3. The summed E-state index contributed by atoms with van der Waals surface area (Å²) >= 11 is 0. The fourth-order valence-corrected chi connectivity index (χ4v) is 2.01. The van der Waals surface area contributed by atoms with E-state index in [9.17, 15) is 4.79 Å². The van der Waals surface area contributed by atoms with Gasteiger partial charge in [0.15, 0.2) is 5.78 Å². The molecular weight excluding hydrogens is 202 g/mol. The van der Waals surface area contributed by atoms with E-state index in [1.54, 1.807) is 7.11 Å². The minimum atomic E-state index is 0.0844. The van der Waals surface area contributed by atoms with E-state index in [-0.39, 0.29) is 5.78 Å². The van der Waals surface area contributed by atoms with Crippen LogP contribution in [0.2, 0.25) is 0 Å². The van der Waals surface area contributed by atoms with E-state index < -0.39 is 0 Å². The maximum absolute atomic E-state index is 12.1. The number of hydrogen-bond donors (Lipinski definition) is 0. The van der Waals surface area contributed by atoms with Crippen LogP contribution >= 0.6 is 0 Å². The number of benzene rings is 1. The van der Waals surface area contributed by atoms with Crippen LogP contribution in [0.25, 0.3) is 0 Å². The molecule has 0 aromatic heterocycles. The predicted octanol–water partition coefficient (Wildman–Crippen LogP) is 1.88. The third kappa shape index (κ3) is 1.69. The summed E-state index contributed by atoms with van der Waals surface area (Å²) in [5.74, 6) is 0.755. The quantitative estimate of drug-likeness (QED) is 0.708. The van der Waals surface area contributed by atoms with Crippen molar-refractivity contribution in [3.63, 3.8) is 0 Å². The zero-order valence-electron chi connectivity index (χ0n) is 9.78. The normalized spacial score (nSPS) is 16.4. The first-order chi connectivity index (χ1) is 7.63. The minimum Gasteiger partial charge on any atom is -0.496 e. The number of Topliss-reactive ketones (excluding diaryl/α,β-unsaturated/α-hetero) is 1. The Bertz CT molecular complexity index is 461. The van der Waals surface area contributed by atoms with Gasteiger partial charge in [0.25, 0.3) is 0 Å². The summed E-state index contributed by atoms with van der Waals surface area (Å²) in [4.78, 5) is 14.0. The molecule has 0 N–H and O–H groups in total. The summed E-state index contributed by atoms with van der Waals surface area (Å²) in [6, 6.07) is 5.73. The molecule has 0 bridgehead atoms. The molecule has 84 valence electrons. The fourth-order valence-electron chi connectivity index (χ4n) is 2.01. The highest BCUT2D eigenvalue weighted by Crippen LogP contribution is 2.33. The van der Waals surface area contributed by atoms with Crippen LogP contribution in [0.3, 0.4) is 0 Å². The lowest BCUT2D eigenvalue weighted by Gasteiger charge is -2.06. The topological polar surface area (TPSA) is 29.5 Å². The van der Waals surface area contributed by atoms with Crippen LogP contribution in [0, 0.1) is 0 Å². The van der Waals surface area contributed by atoms with Crippen LogP contribution in [0.15, 0.2) is 30.0 Å². The molecule has 0 atom stereocenters. The Morgan fingerprint density at radius 2 is 2.12 bits per heavy atom. The van der Waals surface area contributed by atoms with Gasteiger partial charge in [-0.3, -0.25) is 4.79 Å². The lowest BCUT2D eigenvalue weighted by atomic mass is 10.1. The summed E-state index contributed by atoms with van der Waals surface area (Å²) in [5.41, 5.74) is 2.60. The fraction of sp³-hybridized carbons (Fsp3) is 0.308. The summed E-state index contributed by atoms with van der Waals surface area (Å²) in [6.45, 7) is 0. The smallest absolute Gasteiger partial charge is 0.194 e. The molecule has 1 aliphatic rings. The molecule has 0 amide bonds. The van der Waals surface area contributed by atoms with Gasteiger partial charge in [0.05, 0.1) is 12.7 Å². The number of carbonyl (C=O) groups excluding carboxylic acids is 1. The lowest BCUT2D eigenvalue weighted by molar-refractivity contribution is 0.103. The van der Waals surface area contributed by atoms with Crippen LogP contribution in [-0.2, 0) is 6.42 Å². The molecule has 0 fully saturated rings. The van der Waals surface area contributed by atoms with Crippen LogP contribution in [0.4, 0.5) is 0 Å². The Morgan fingerprint density at radius 3 is 2.75 bits per heavy atom. The van der Waals surface area contributed by atoms with E-state index in [4.69, 9.17) is 4.74 Å². The zero-order valence-corrected chi connectivity index (χ0v) is 9.78. The van der Waals surface area contributed by atoms with Gasteiger partial charge >= 0.3 is 0 Å². The molecule has 16 heavy (non-hydrogen) atoms. The van der Waals surface area contributed by atoms with Crippen molar-refractivity contribution in [1.29, 1.82) is 0 Å². The number of allylic oxidation sites excluding steroid dienone is 1. The monoisotopic (exact) mass is 217 g/mol. The predicted molar refractivity (Wildman–Crippen MR) is 62.8 cm³/mol. The van der Waals surface area contributed by atoms with Crippen molar-refractivity contribution in [1.82, 2.24) is 4.90 Å².